The van der Waals surface area contributed by atoms with Crippen LogP contribution in [0.15, 0.2) is 71.7 Å². The van der Waals surface area contributed by atoms with E-state index in [4.69, 9.17) is 33.4 Å². The van der Waals surface area contributed by atoms with Gasteiger partial charge in [0, 0.05) is 43.7 Å². The molecule has 1 saturated carbocycles. The molecule has 2 heterocycles. The molecule has 1 aliphatic carbocycles. The normalized spacial score (nSPS) is 21.5. The summed E-state index contributed by atoms with van der Waals surface area (Å²) in [4.78, 5) is 18.5. The average molecular weight is 673 g/mol. The fourth-order valence-electron chi connectivity index (χ4n) is 7.16. The van der Waals surface area contributed by atoms with E-state index < -0.39 is 6.09 Å². The summed E-state index contributed by atoms with van der Waals surface area (Å²) < 4.78 is 35.9. The van der Waals surface area contributed by atoms with Crippen LogP contribution in [-0.2, 0) is 16.1 Å². The van der Waals surface area contributed by atoms with E-state index in [1.165, 1.54) is 4.90 Å². The maximum Gasteiger partial charge on any atom is 0.407 e. The van der Waals surface area contributed by atoms with Crippen LogP contribution in [0.3, 0.4) is 0 Å². The van der Waals surface area contributed by atoms with E-state index in [0.29, 0.717) is 51.9 Å². The molecule has 1 saturated heterocycles. The number of methoxy groups -OCH3 is 1. The largest absolute Gasteiger partial charge is 0.494 e. The maximum absolute atomic E-state index is 12.0. The Morgan fingerprint density at radius 1 is 0.959 bits per heavy atom. The van der Waals surface area contributed by atoms with Gasteiger partial charge >= 0.3 is 6.09 Å². The summed E-state index contributed by atoms with van der Waals surface area (Å²) >= 11 is 0. The SMILES string of the molecule is CCOc1cccc(OCCOc2ccc(C3CCN(C(=O)O)CC3OCc3cccc4c3OC3C(=N4)CCCC3CCCOC)cc2)c1. The first kappa shape index (κ1) is 34.6. The monoisotopic (exact) mass is 672 g/mol. The van der Waals surface area contributed by atoms with Gasteiger partial charge in [-0.15, -0.1) is 0 Å². The van der Waals surface area contributed by atoms with Gasteiger partial charge in [-0.3, -0.25) is 4.99 Å². The highest BCUT2D eigenvalue weighted by molar-refractivity contribution is 5.94. The first-order valence-electron chi connectivity index (χ1n) is 17.5. The number of hydrogen-bond acceptors (Lipinski definition) is 8. The van der Waals surface area contributed by atoms with Crippen molar-refractivity contribution in [2.24, 2.45) is 10.9 Å². The van der Waals surface area contributed by atoms with Crippen molar-refractivity contribution < 1.29 is 38.3 Å². The van der Waals surface area contributed by atoms with Gasteiger partial charge in [-0.05, 0) is 81.3 Å². The molecule has 0 spiro atoms. The number of carboxylic acid groups (broad SMARTS) is 1. The summed E-state index contributed by atoms with van der Waals surface area (Å²) in [6, 6.07) is 21.6. The van der Waals surface area contributed by atoms with Crippen LogP contribution in [0, 0.1) is 5.92 Å². The number of carbonyl (C=O) groups is 1. The van der Waals surface area contributed by atoms with Gasteiger partial charge < -0.3 is 38.4 Å². The molecule has 0 aromatic heterocycles. The number of fused-ring (bicyclic) bond motifs is 2. The van der Waals surface area contributed by atoms with E-state index in [-0.39, 0.29) is 18.1 Å². The number of aliphatic imine (C=N–C) groups is 1. The molecule has 2 fully saturated rings. The molecule has 1 amide bonds. The molecular formula is C39H48N2O8. The lowest BCUT2D eigenvalue weighted by atomic mass is 9.81. The van der Waals surface area contributed by atoms with Crippen LogP contribution < -0.4 is 18.9 Å². The summed E-state index contributed by atoms with van der Waals surface area (Å²) in [5.41, 5.74) is 4.00. The topological polar surface area (TPSA) is 108 Å². The molecular weight excluding hydrogens is 624 g/mol. The van der Waals surface area contributed by atoms with Gasteiger partial charge in [0.25, 0.3) is 0 Å². The minimum absolute atomic E-state index is 0.0249. The molecule has 49 heavy (non-hydrogen) atoms. The van der Waals surface area contributed by atoms with Gasteiger partial charge in [0.1, 0.15) is 42.3 Å². The van der Waals surface area contributed by atoms with Crippen LogP contribution in [0.25, 0.3) is 0 Å². The predicted molar refractivity (Wildman–Crippen MR) is 187 cm³/mol. The van der Waals surface area contributed by atoms with E-state index in [9.17, 15) is 9.90 Å². The Hall–Kier alpha value is -4.28. The number of para-hydroxylation sites is 1. The number of amides is 1. The Labute approximate surface area is 288 Å². The van der Waals surface area contributed by atoms with Crippen molar-refractivity contribution in [3.8, 4) is 23.0 Å². The van der Waals surface area contributed by atoms with Crippen LogP contribution in [0.1, 0.15) is 62.5 Å². The number of hydrogen-bond donors (Lipinski definition) is 1. The highest BCUT2D eigenvalue weighted by Gasteiger charge is 2.37. The predicted octanol–water partition coefficient (Wildman–Crippen LogP) is 7.66. The first-order chi connectivity index (χ1) is 24.0. The highest BCUT2D eigenvalue weighted by atomic mass is 16.5. The average Bonchev–Trinajstić information content (AvgIpc) is 3.12. The van der Waals surface area contributed by atoms with E-state index in [2.05, 4.69) is 12.1 Å². The number of ether oxygens (including phenoxy) is 6. The molecule has 10 nitrogen and oxygen atoms in total. The van der Waals surface area contributed by atoms with Gasteiger partial charge in [0.2, 0.25) is 0 Å². The van der Waals surface area contributed by atoms with Gasteiger partial charge in [-0.1, -0.05) is 30.3 Å². The molecule has 2 aliphatic heterocycles. The van der Waals surface area contributed by atoms with E-state index in [1.54, 1.807) is 7.11 Å². The van der Waals surface area contributed by atoms with Crippen LogP contribution in [0.5, 0.6) is 23.0 Å². The molecule has 1 N–H and O–H groups in total. The third-order valence-corrected chi connectivity index (χ3v) is 9.60. The van der Waals surface area contributed by atoms with Crippen molar-refractivity contribution in [1.82, 2.24) is 4.90 Å². The van der Waals surface area contributed by atoms with E-state index in [1.807, 2.05) is 61.5 Å². The number of benzene rings is 3. The standard InChI is InChI=1S/C39H48N2O8/c1-3-45-31-11-6-12-32(24-31)47-23-22-46-30-17-15-27(16-18-30)33-19-20-41(39(42)43)25-36(33)48-26-29-9-5-14-35-38(29)49-37-28(10-7-21-44-2)8-4-13-34(37)40-35/h5-6,9,11-12,14-18,24,28,33,36-37H,3-4,7-8,10,13,19-23,25-26H2,1-2H3,(H,42,43). The lowest BCUT2D eigenvalue weighted by Gasteiger charge is -2.38. The summed E-state index contributed by atoms with van der Waals surface area (Å²) in [6.45, 7) is 5.14. The van der Waals surface area contributed by atoms with Crippen molar-refractivity contribution in [3.05, 3.63) is 77.9 Å². The lowest BCUT2D eigenvalue weighted by molar-refractivity contribution is -0.0209. The molecule has 6 rings (SSSR count). The number of rotatable bonds is 15. The molecule has 4 unspecified atom stereocenters. The second kappa shape index (κ2) is 16.9. The van der Waals surface area contributed by atoms with Crippen molar-refractivity contribution >= 4 is 17.5 Å². The number of piperidine rings is 1. The Balaban J connectivity index is 1.09. The Kier molecular flexibility index (Phi) is 11.9. The molecule has 3 aromatic rings. The fraction of sp³-hybridized carbons (Fsp3) is 0.487. The summed E-state index contributed by atoms with van der Waals surface area (Å²) in [7, 11) is 1.74. The van der Waals surface area contributed by atoms with Crippen molar-refractivity contribution in [2.45, 2.75) is 70.2 Å². The van der Waals surface area contributed by atoms with Crippen LogP contribution in [-0.4, -0.2) is 80.6 Å². The molecule has 10 heteroatoms. The molecule has 3 aromatic carbocycles. The third-order valence-electron chi connectivity index (χ3n) is 9.60. The summed E-state index contributed by atoms with van der Waals surface area (Å²) in [6.07, 6.45) is 4.63. The highest BCUT2D eigenvalue weighted by Crippen LogP contribution is 2.42. The molecule has 4 atom stereocenters. The zero-order valence-corrected chi connectivity index (χ0v) is 28.6. The lowest BCUT2D eigenvalue weighted by Crippen LogP contribution is -2.46. The maximum atomic E-state index is 12.0. The second-order valence-electron chi connectivity index (χ2n) is 12.8. The van der Waals surface area contributed by atoms with E-state index in [0.717, 1.165) is 84.2 Å². The van der Waals surface area contributed by atoms with E-state index >= 15 is 0 Å². The third kappa shape index (κ3) is 8.85. The Morgan fingerprint density at radius 2 is 1.73 bits per heavy atom. The zero-order chi connectivity index (χ0) is 34.0. The molecule has 0 bridgehead atoms. The minimum atomic E-state index is -0.929. The number of likely N-dealkylation sites (tertiary alicyclic amines) is 1. The zero-order valence-electron chi connectivity index (χ0n) is 28.6. The quantitative estimate of drug-likeness (QED) is 0.164. The van der Waals surface area contributed by atoms with Gasteiger partial charge in [-0.25, -0.2) is 4.79 Å². The number of nitrogens with zero attached hydrogens (tertiary/aromatic N) is 2. The second-order valence-corrected chi connectivity index (χ2v) is 12.8. The van der Waals surface area contributed by atoms with Crippen LogP contribution in [0.4, 0.5) is 10.5 Å². The summed E-state index contributed by atoms with van der Waals surface area (Å²) in [5, 5.41) is 9.81. The van der Waals surface area contributed by atoms with Crippen LogP contribution >= 0.6 is 0 Å². The van der Waals surface area contributed by atoms with Gasteiger partial charge in [0.05, 0.1) is 31.6 Å². The Bertz CT molecular complexity index is 1560. The fourth-order valence-corrected chi connectivity index (χ4v) is 7.16. The van der Waals surface area contributed by atoms with Crippen LogP contribution in [0.2, 0.25) is 0 Å². The van der Waals surface area contributed by atoms with Crippen molar-refractivity contribution in [2.75, 3.05) is 46.6 Å². The van der Waals surface area contributed by atoms with Gasteiger partial charge in [0.15, 0.2) is 5.75 Å². The van der Waals surface area contributed by atoms with Crippen molar-refractivity contribution in [1.29, 1.82) is 0 Å². The van der Waals surface area contributed by atoms with Gasteiger partial charge in [-0.2, -0.15) is 0 Å². The minimum Gasteiger partial charge on any atom is -0.494 e. The first-order valence-corrected chi connectivity index (χ1v) is 17.5. The molecule has 262 valence electrons. The Morgan fingerprint density at radius 3 is 2.51 bits per heavy atom. The summed E-state index contributed by atoms with van der Waals surface area (Å²) in [5.74, 6) is 3.48. The molecule has 0 radical (unpaired) electrons. The molecule has 3 aliphatic rings. The van der Waals surface area contributed by atoms with Crippen molar-refractivity contribution in [3.63, 3.8) is 0 Å². The smallest absolute Gasteiger partial charge is 0.407 e.